The molecule has 1 amide bonds. The van der Waals surface area contributed by atoms with Gasteiger partial charge in [-0.25, -0.2) is 19.6 Å². The van der Waals surface area contributed by atoms with Crippen LogP contribution in [0.5, 0.6) is 0 Å². The van der Waals surface area contributed by atoms with Crippen molar-refractivity contribution >= 4 is 16.9 Å². The van der Waals surface area contributed by atoms with E-state index >= 15 is 0 Å². The van der Waals surface area contributed by atoms with Crippen LogP contribution < -0.4 is 5.43 Å². The molecule has 0 aliphatic rings. The highest BCUT2D eigenvalue weighted by Gasteiger charge is 2.15. The molecule has 0 aliphatic carbocycles. The molecule has 0 unspecified atom stereocenters. The average Bonchev–Trinajstić information content (AvgIpc) is 3.06. The third-order valence-electron chi connectivity index (χ3n) is 4.37. The number of aryl methyl sites for hydroxylation is 2. The Labute approximate surface area is 156 Å². The summed E-state index contributed by atoms with van der Waals surface area (Å²) < 4.78 is 1.66. The smallest absolute Gasteiger partial charge is 0.267 e. The molecule has 4 rings (SSSR count). The van der Waals surface area contributed by atoms with E-state index in [2.05, 4.69) is 32.3 Å². The lowest BCUT2D eigenvalue weighted by atomic mass is 10.2. The Morgan fingerprint density at radius 2 is 1.96 bits per heavy atom. The Hall–Kier alpha value is -3.61. The highest BCUT2D eigenvalue weighted by molar-refractivity contribution is 6.01. The van der Waals surface area contributed by atoms with E-state index in [1.54, 1.807) is 24.0 Å². The van der Waals surface area contributed by atoms with Crippen molar-refractivity contribution in [2.75, 3.05) is 5.43 Å². The van der Waals surface area contributed by atoms with Crippen LogP contribution in [0, 0.1) is 6.92 Å². The lowest BCUT2D eigenvalue weighted by Gasteiger charge is -2.09. The van der Waals surface area contributed by atoms with E-state index in [0.29, 0.717) is 28.4 Å². The van der Waals surface area contributed by atoms with Crippen molar-refractivity contribution in [3.05, 3.63) is 71.9 Å². The minimum Gasteiger partial charge on any atom is -0.267 e. The van der Waals surface area contributed by atoms with E-state index in [9.17, 15) is 4.79 Å². The molecule has 0 aromatic carbocycles. The second kappa shape index (κ2) is 6.95. The zero-order valence-corrected chi connectivity index (χ0v) is 15.0. The number of nitrogens with zero attached hydrogens (tertiary/aromatic N) is 5. The number of fused-ring (bicyclic) bond motifs is 1. The normalized spacial score (nSPS) is 10.9. The Kier molecular flexibility index (Phi) is 4.33. The number of rotatable bonds is 4. The molecule has 0 fully saturated rings. The minimum absolute atomic E-state index is 0.287. The molecule has 7 nitrogen and oxygen atoms in total. The zero-order chi connectivity index (χ0) is 18.8. The van der Waals surface area contributed by atoms with E-state index in [4.69, 9.17) is 0 Å². The summed E-state index contributed by atoms with van der Waals surface area (Å²) in [4.78, 5) is 30.1. The van der Waals surface area contributed by atoms with Gasteiger partial charge in [-0.1, -0.05) is 13.0 Å². The van der Waals surface area contributed by atoms with Gasteiger partial charge in [-0.15, -0.1) is 0 Å². The standard InChI is InChI=1S/C20H18N6O/c1-3-14-12-26(19-15(14)7-6-10-22-19)25-20(27)16-11-23-18(24-13(16)2)17-8-4-5-9-21-17/h4-12H,3H2,1-2H3,(H,25,27). The van der Waals surface area contributed by atoms with Gasteiger partial charge < -0.3 is 0 Å². The molecular formula is C20H18N6O. The van der Waals surface area contributed by atoms with Gasteiger partial charge in [-0.05, 0) is 43.2 Å². The predicted molar refractivity (Wildman–Crippen MR) is 103 cm³/mol. The van der Waals surface area contributed by atoms with Gasteiger partial charge in [-0.3, -0.25) is 15.2 Å². The summed E-state index contributed by atoms with van der Waals surface area (Å²) in [5.41, 5.74) is 6.37. The molecule has 0 aliphatic heterocycles. The van der Waals surface area contributed by atoms with Crippen LogP contribution in [0.2, 0.25) is 0 Å². The van der Waals surface area contributed by atoms with Crippen LogP contribution in [0.3, 0.4) is 0 Å². The molecular weight excluding hydrogens is 340 g/mol. The van der Waals surface area contributed by atoms with Gasteiger partial charge in [0.25, 0.3) is 5.91 Å². The summed E-state index contributed by atoms with van der Waals surface area (Å²) in [7, 11) is 0. The number of carbonyl (C=O) groups excluding carboxylic acids is 1. The first-order chi connectivity index (χ1) is 13.2. The van der Waals surface area contributed by atoms with Crippen LogP contribution in [-0.2, 0) is 6.42 Å². The van der Waals surface area contributed by atoms with Gasteiger partial charge in [0.1, 0.15) is 5.69 Å². The van der Waals surface area contributed by atoms with Crippen molar-refractivity contribution in [2.45, 2.75) is 20.3 Å². The molecule has 4 heterocycles. The summed E-state index contributed by atoms with van der Waals surface area (Å²) in [6.45, 7) is 3.86. The minimum atomic E-state index is -0.287. The van der Waals surface area contributed by atoms with Crippen molar-refractivity contribution in [3.8, 4) is 11.5 Å². The molecule has 134 valence electrons. The van der Waals surface area contributed by atoms with Crippen LogP contribution >= 0.6 is 0 Å². The first-order valence-electron chi connectivity index (χ1n) is 8.68. The van der Waals surface area contributed by atoms with Crippen LogP contribution in [0.1, 0.15) is 28.5 Å². The molecule has 0 radical (unpaired) electrons. The first kappa shape index (κ1) is 16.8. The summed E-state index contributed by atoms with van der Waals surface area (Å²) in [5, 5.41) is 1.03. The number of nitrogens with one attached hydrogen (secondary N) is 1. The molecule has 27 heavy (non-hydrogen) atoms. The molecule has 0 bridgehead atoms. The van der Waals surface area contributed by atoms with Gasteiger partial charge >= 0.3 is 0 Å². The fourth-order valence-electron chi connectivity index (χ4n) is 2.97. The third kappa shape index (κ3) is 3.15. The highest BCUT2D eigenvalue weighted by atomic mass is 16.2. The third-order valence-corrected chi connectivity index (χ3v) is 4.37. The highest BCUT2D eigenvalue weighted by Crippen LogP contribution is 2.19. The fourth-order valence-corrected chi connectivity index (χ4v) is 2.97. The largest absolute Gasteiger partial charge is 0.273 e. The van der Waals surface area contributed by atoms with E-state index in [1.807, 2.05) is 36.5 Å². The fraction of sp³-hybridized carbons (Fsp3) is 0.150. The molecule has 0 saturated carbocycles. The SMILES string of the molecule is CCc1cn(NC(=O)c2cnc(-c3ccccn3)nc2C)c2ncccc12. The number of hydrogen-bond acceptors (Lipinski definition) is 5. The topological polar surface area (TPSA) is 85.6 Å². The lowest BCUT2D eigenvalue weighted by molar-refractivity contribution is 0.101. The summed E-state index contributed by atoms with van der Waals surface area (Å²) in [6.07, 6.45) is 7.67. The second-order valence-corrected chi connectivity index (χ2v) is 6.10. The average molecular weight is 358 g/mol. The number of aromatic nitrogens is 5. The van der Waals surface area contributed by atoms with E-state index in [1.165, 1.54) is 6.20 Å². The Bertz CT molecular complexity index is 1120. The van der Waals surface area contributed by atoms with Gasteiger partial charge in [0.05, 0.1) is 11.3 Å². The van der Waals surface area contributed by atoms with E-state index in [0.717, 1.165) is 17.4 Å². The predicted octanol–water partition coefficient (Wildman–Crippen LogP) is 3.14. The lowest BCUT2D eigenvalue weighted by Crippen LogP contribution is -2.23. The summed E-state index contributed by atoms with van der Waals surface area (Å²) in [5.74, 6) is 0.205. The number of hydrogen-bond donors (Lipinski definition) is 1. The molecule has 7 heteroatoms. The van der Waals surface area contributed by atoms with Gasteiger partial charge in [0.2, 0.25) is 0 Å². The van der Waals surface area contributed by atoms with Crippen LogP contribution in [-0.4, -0.2) is 30.5 Å². The number of carbonyl (C=O) groups is 1. The molecule has 4 aromatic heterocycles. The van der Waals surface area contributed by atoms with Crippen LogP contribution in [0.15, 0.2) is 55.1 Å². The van der Waals surface area contributed by atoms with Crippen molar-refractivity contribution in [1.29, 1.82) is 0 Å². The van der Waals surface area contributed by atoms with Crippen LogP contribution in [0.4, 0.5) is 0 Å². The maximum absolute atomic E-state index is 12.8. The summed E-state index contributed by atoms with van der Waals surface area (Å²) in [6, 6.07) is 9.43. The molecule has 0 saturated heterocycles. The van der Waals surface area contributed by atoms with E-state index in [-0.39, 0.29) is 5.91 Å². The Morgan fingerprint density at radius 3 is 2.70 bits per heavy atom. The van der Waals surface area contributed by atoms with Crippen molar-refractivity contribution in [1.82, 2.24) is 24.6 Å². The maximum atomic E-state index is 12.8. The quantitative estimate of drug-likeness (QED) is 0.606. The van der Waals surface area contributed by atoms with Crippen molar-refractivity contribution in [3.63, 3.8) is 0 Å². The Balaban J connectivity index is 1.64. The van der Waals surface area contributed by atoms with Gasteiger partial charge in [0.15, 0.2) is 11.5 Å². The monoisotopic (exact) mass is 358 g/mol. The van der Waals surface area contributed by atoms with Crippen molar-refractivity contribution < 1.29 is 4.79 Å². The molecule has 4 aromatic rings. The molecule has 1 N–H and O–H groups in total. The Morgan fingerprint density at radius 1 is 1.11 bits per heavy atom. The van der Waals surface area contributed by atoms with Crippen LogP contribution in [0.25, 0.3) is 22.6 Å². The number of pyridine rings is 2. The molecule has 0 spiro atoms. The zero-order valence-electron chi connectivity index (χ0n) is 15.0. The molecule has 0 atom stereocenters. The maximum Gasteiger partial charge on any atom is 0.273 e. The summed E-state index contributed by atoms with van der Waals surface area (Å²) >= 11 is 0. The number of amides is 1. The first-order valence-corrected chi connectivity index (χ1v) is 8.68. The second-order valence-electron chi connectivity index (χ2n) is 6.10. The van der Waals surface area contributed by atoms with Crippen molar-refractivity contribution in [2.24, 2.45) is 0 Å². The van der Waals surface area contributed by atoms with E-state index < -0.39 is 0 Å². The van der Waals surface area contributed by atoms with Gasteiger partial charge in [0, 0.05) is 30.2 Å². The van der Waals surface area contributed by atoms with Gasteiger partial charge in [-0.2, -0.15) is 0 Å².